The first kappa shape index (κ1) is 10.8. The Balaban J connectivity index is 1.86. The number of fused-ring (bicyclic) bond motifs is 1. The van der Waals surface area contributed by atoms with Gasteiger partial charge in [-0.1, -0.05) is 12.1 Å². The van der Waals surface area contributed by atoms with E-state index in [1.165, 1.54) is 5.56 Å². The number of methoxy groups -OCH3 is 1. The zero-order valence-corrected chi connectivity index (χ0v) is 10.1. The molecule has 18 heavy (non-hydrogen) atoms. The van der Waals surface area contributed by atoms with Gasteiger partial charge in [0.25, 0.3) is 0 Å². The number of rotatable bonds is 3. The number of pyridine rings is 1. The molecule has 0 bridgehead atoms. The van der Waals surface area contributed by atoms with E-state index in [-0.39, 0.29) is 0 Å². The molecule has 0 N–H and O–H groups in total. The van der Waals surface area contributed by atoms with Gasteiger partial charge >= 0.3 is 0 Å². The maximum Gasteiger partial charge on any atom is 0.118 e. The number of ether oxygens (including phenoxy) is 1. The van der Waals surface area contributed by atoms with Crippen molar-refractivity contribution in [3.63, 3.8) is 0 Å². The highest BCUT2D eigenvalue weighted by Crippen LogP contribution is 2.13. The smallest absolute Gasteiger partial charge is 0.118 e. The topological polar surface area (TPSA) is 39.9 Å². The van der Waals surface area contributed by atoms with Crippen molar-refractivity contribution in [2.45, 2.75) is 6.54 Å². The number of hydrogen-bond acceptors (Lipinski definition) is 3. The van der Waals surface area contributed by atoms with Crippen LogP contribution in [-0.4, -0.2) is 21.9 Å². The molecule has 3 aromatic rings. The van der Waals surface area contributed by atoms with E-state index in [1.807, 2.05) is 47.3 Å². The van der Waals surface area contributed by atoms with Gasteiger partial charge in [0.05, 0.1) is 19.9 Å². The molecule has 0 spiro atoms. The standard InChI is InChI=1S/C14H13N3O/c1-18-12-6-4-11(5-7-12)9-17-10-14-13(16-17)3-2-8-15-14/h2-8,10H,9H2,1H3. The summed E-state index contributed by atoms with van der Waals surface area (Å²) in [5, 5.41) is 4.47. The molecule has 0 aliphatic rings. The van der Waals surface area contributed by atoms with Gasteiger partial charge in [-0.15, -0.1) is 0 Å². The van der Waals surface area contributed by atoms with Crippen LogP contribution in [0.15, 0.2) is 48.8 Å². The minimum Gasteiger partial charge on any atom is -0.497 e. The molecule has 0 atom stereocenters. The highest BCUT2D eigenvalue weighted by molar-refractivity contribution is 5.72. The zero-order chi connectivity index (χ0) is 12.4. The van der Waals surface area contributed by atoms with Gasteiger partial charge in [-0.3, -0.25) is 9.67 Å². The van der Waals surface area contributed by atoms with Gasteiger partial charge in [0, 0.05) is 6.20 Å². The van der Waals surface area contributed by atoms with Gasteiger partial charge in [0.2, 0.25) is 0 Å². The molecule has 0 aliphatic heterocycles. The molecule has 0 fully saturated rings. The fourth-order valence-electron chi connectivity index (χ4n) is 1.90. The van der Waals surface area contributed by atoms with Crippen molar-refractivity contribution in [3.05, 3.63) is 54.4 Å². The summed E-state index contributed by atoms with van der Waals surface area (Å²) in [4.78, 5) is 4.27. The summed E-state index contributed by atoms with van der Waals surface area (Å²) in [6.07, 6.45) is 3.74. The molecule has 1 aromatic carbocycles. The van der Waals surface area contributed by atoms with Crippen molar-refractivity contribution in [2.75, 3.05) is 7.11 Å². The fraction of sp³-hybridized carbons (Fsp3) is 0.143. The van der Waals surface area contributed by atoms with E-state index in [1.54, 1.807) is 13.3 Å². The second-order valence-electron chi connectivity index (χ2n) is 4.08. The third-order valence-electron chi connectivity index (χ3n) is 2.83. The first-order chi connectivity index (χ1) is 8.85. The van der Waals surface area contributed by atoms with Crippen molar-refractivity contribution in [1.29, 1.82) is 0 Å². The lowest BCUT2D eigenvalue weighted by molar-refractivity contribution is 0.414. The largest absolute Gasteiger partial charge is 0.497 e. The Kier molecular flexibility index (Phi) is 2.68. The molecule has 90 valence electrons. The van der Waals surface area contributed by atoms with Crippen LogP contribution in [0.3, 0.4) is 0 Å². The third kappa shape index (κ3) is 2.05. The maximum atomic E-state index is 5.13. The minimum absolute atomic E-state index is 0.736. The molecule has 3 rings (SSSR count). The molecular formula is C14H13N3O. The van der Waals surface area contributed by atoms with Crippen molar-refractivity contribution in [3.8, 4) is 5.75 Å². The number of benzene rings is 1. The summed E-state index contributed by atoms with van der Waals surface area (Å²) < 4.78 is 7.04. The van der Waals surface area contributed by atoms with Crippen LogP contribution in [0.5, 0.6) is 5.75 Å². The summed E-state index contributed by atoms with van der Waals surface area (Å²) >= 11 is 0. The van der Waals surface area contributed by atoms with E-state index in [2.05, 4.69) is 10.1 Å². The lowest BCUT2D eigenvalue weighted by Crippen LogP contribution is -1.99. The fourth-order valence-corrected chi connectivity index (χ4v) is 1.90. The van der Waals surface area contributed by atoms with Crippen LogP contribution in [0.4, 0.5) is 0 Å². The maximum absolute atomic E-state index is 5.13. The van der Waals surface area contributed by atoms with Crippen LogP contribution in [0.1, 0.15) is 5.56 Å². The number of hydrogen-bond donors (Lipinski definition) is 0. The summed E-state index contributed by atoms with van der Waals surface area (Å²) in [6, 6.07) is 11.9. The van der Waals surface area contributed by atoms with Crippen LogP contribution in [-0.2, 0) is 6.54 Å². The molecule has 0 saturated heterocycles. The van der Waals surface area contributed by atoms with Gasteiger partial charge in [0.1, 0.15) is 16.8 Å². The van der Waals surface area contributed by atoms with Gasteiger partial charge in [-0.05, 0) is 29.8 Å². The number of nitrogens with zero attached hydrogens (tertiary/aromatic N) is 3. The van der Waals surface area contributed by atoms with E-state index in [4.69, 9.17) is 4.74 Å². The van der Waals surface area contributed by atoms with E-state index in [0.29, 0.717) is 0 Å². The minimum atomic E-state index is 0.736. The predicted octanol–water partition coefficient (Wildman–Crippen LogP) is 2.49. The lowest BCUT2D eigenvalue weighted by Gasteiger charge is -2.03. The highest BCUT2D eigenvalue weighted by Gasteiger charge is 2.01. The van der Waals surface area contributed by atoms with E-state index in [9.17, 15) is 0 Å². The second-order valence-corrected chi connectivity index (χ2v) is 4.08. The van der Waals surface area contributed by atoms with Crippen molar-refractivity contribution in [1.82, 2.24) is 14.8 Å². The summed E-state index contributed by atoms with van der Waals surface area (Å²) in [7, 11) is 1.67. The van der Waals surface area contributed by atoms with Crippen LogP contribution in [0.2, 0.25) is 0 Å². The Labute approximate surface area is 105 Å². The van der Waals surface area contributed by atoms with Crippen LogP contribution >= 0.6 is 0 Å². The average molecular weight is 239 g/mol. The van der Waals surface area contributed by atoms with E-state index < -0.39 is 0 Å². The first-order valence-corrected chi connectivity index (χ1v) is 5.76. The molecule has 0 aliphatic carbocycles. The SMILES string of the molecule is COc1ccc(Cn2cc3ncccc3n2)cc1. The lowest BCUT2D eigenvalue weighted by atomic mass is 10.2. The Bertz CT molecular complexity index is 625. The quantitative estimate of drug-likeness (QED) is 0.705. The summed E-state index contributed by atoms with van der Waals surface area (Å²) in [5.74, 6) is 0.867. The summed E-state index contributed by atoms with van der Waals surface area (Å²) in [6.45, 7) is 0.736. The van der Waals surface area contributed by atoms with Crippen LogP contribution < -0.4 is 4.74 Å². The molecule has 2 aromatic heterocycles. The van der Waals surface area contributed by atoms with Crippen molar-refractivity contribution < 1.29 is 4.74 Å². The zero-order valence-electron chi connectivity index (χ0n) is 10.1. The first-order valence-electron chi connectivity index (χ1n) is 5.76. The van der Waals surface area contributed by atoms with Gasteiger partial charge in [-0.25, -0.2) is 0 Å². The second kappa shape index (κ2) is 4.49. The molecule has 0 saturated carbocycles. The van der Waals surface area contributed by atoms with Gasteiger partial charge in [0.15, 0.2) is 0 Å². The Morgan fingerprint density at radius 2 is 1.94 bits per heavy atom. The monoisotopic (exact) mass is 239 g/mol. The van der Waals surface area contributed by atoms with Crippen molar-refractivity contribution >= 4 is 11.0 Å². The molecule has 4 heteroatoms. The number of aromatic nitrogens is 3. The highest BCUT2D eigenvalue weighted by atomic mass is 16.5. The normalized spacial score (nSPS) is 10.7. The van der Waals surface area contributed by atoms with Crippen LogP contribution in [0.25, 0.3) is 11.0 Å². The van der Waals surface area contributed by atoms with Crippen LogP contribution in [0, 0.1) is 0 Å². The molecule has 0 unspecified atom stereocenters. The van der Waals surface area contributed by atoms with Gasteiger partial charge in [-0.2, -0.15) is 5.10 Å². The third-order valence-corrected chi connectivity index (χ3v) is 2.83. The summed E-state index contributed by atoms with van der Waals surface area (Å²) in [5.41, 5.74) is 3.03. The Morgan fingerprint density at radius 1 is 1.11 bits per heavy atom. The molecular weight excluding hydrogens is 226 g/mol. The van der Waals surface area contributed by atoms with Crippen molar-refractivity contribution in [2.24, 2.45) is 0 Å². The Morgan fingerprint density at radius 3 is 2.67 bits per heavy atom. The van der Waals surface area contributed by atoms with E-state index >= 15 is 0 Å². The van der Waals surface area contributed by atoms with Gasteiger partial charge < -0.3 is 4.74 Å². The molecule has 0 radical (unpaired) electrons. The predicted molar refractivity (Wildman–Crippen MR) is 69.6 cm³/mol. The molecule has 2 heterocycles. The molecule has 0 amide bonds. The van der Waals surface area contributed by atoms with E-state index in [0.717, 1.165) is 23.3 Å². The average Bonchev–Trinajstić information content (AvgIpc) is 2.82. The Hall–Kier alpha value is -2.36. The molecule has 4 nitrogen and oxygen atoms in total.